The molecule has 5 nitrogen and oxygen atoms in total. The summed E-state index contributed by atoms with van der Waals surface area (Å²) in [5.74, 6) is 0. The van der Waals surface area contributed by atoms with Gasteiger partial charge in [0.1, 0.15) is 30.5 Å². The van der Waals surface area contributed by atoms with Crippen molar-refractivity contribution in [1.29, 1.82) is 0 Å². The van der Waals surface area contributed by atoms with Crippen LogP contribution in [0.2, 0.25) is 0 Å². The monoisotopic (exact) mass is 254 g/mol. The Kier molecular flexibility index (Phi) is 3.99. The van der Waals surface area contributed by atoms with Gasteiger partial charge in [0.25, 0.3) is 0 Å². The molecule has 1 aliphatic rings. The van der Waals surface area contributed by atoms with E-state index in [0.717, 1.165) is 11.1 Å². The second-order valence-corrected chi connectivity index (χ2v) is 4.67. The molecule has 5 heteroatoms. The molecule has 0 saturated carbocycles. The summed E-state index contributed by atoms with van der Waals surface area (Å²) in [6.07, 6.45) is -5.19. The van der Waals surface area contributed by atoms with E-state index in [4.69, 9.17) is 9.84 Å². The van der Waals surface area contributed by atoms with Gasteiger partial charge in [0, 0.05) is 0 Å². The highest BCUT2D eigenvalue weighted by Gasteiger charge is 2.46. The molecule has 0 radical (unpaired) electrons. The largest absolute Gasteiger partial charge is 0.394 e. The Morgan fingerprint density at radius 3 is 2.61 bits per heavy atom. The summed E-state index contributed by atoms with van der Waals surface area (Å²) in [7, 11) is 0. The van der Waals surface area contributed by atoms with E-state index in [-0.39, 0.29) is 0 Å². The molecule has 1 aliphatic heterocycles. The second kappa shape index (κ2) is 5.34. The van der Waals surface area contributed by atoms with E-state index in [1.54, 1.807) is 6.07 Å². The molecule has 1 aromatic carbocycles. The van der Waals surface area contributed by atoms with Crippen molar-refractivity contribution >= 4 is 0 Å². The first-order valence-corrected chi connectivity index (χ1v) is 5.91. The number of rotatable bonds is 3. The molecule has 100 valence electrons. The summed E-state index contributed by atoms with van der Waals surface area (Å²) >= 11 is 0. The quantitative estimate of drug-likeness (QED) is 0.584. The molecule has 0 aliphatic carbocycles. The van der Waals surface area contributed by atoms with Crippen LogP contribution in [0.5, 0.6) is 0 Å². The van der Waals surface area contributed by atoms with Crippen LogP contribution in [-0.4, -0.2) is 51.4 Å². The standard InChI is InChI=1S/C13H18O5/c1-7-3-2-4-8(5-7)12-10(16)11(17)13(18-12)9(15)6-14/h2-5,9-17H,6H2,1H3/t9-,10-,11-,12?,13-/m1/s1. The van der Waals surface area contributed by atoms with E-state index in [2.05, 4.69) is 0 Å². The lowest BCUT2D eigenvalue weighted by Crippen LogP contribution is -2.40. The Labute approximate surface area is 105 Å². The fourth-order valence-electron chi connectivity index (χ4n) is 2.25. The molecule has 1 fully saturated rings. The number of aryl methyl sites for hydroxylation is 1. The number of benzene rings is 1. The van der Waals surface area contributed by atoms with Crippen molar-refractivity contribution in [2.45, 2.75) is 37.4 Å². The predicted molar refractivity (Wildman–Crippen MR) is 63.9 cm³/mol. The van der Waals surface area contributed by atoms with Crippen LogP contribution in [-0.2, 0) is 4.74 Å². The Balaban J connectivity index is 2.21. The minimum Gasteiger partial charge on any atom is -0.394 e. The van der Waals surface area contributed by atoms with E-state index in [1.165, 1.54) is 0 Å². The first kappa shape index (κ1) is 13.5. The Hall–Kier alpha value is -0.980. The number of hydrogen-bond acceptors (Lipinski definition) is 5. The van der Waals surface area contributed by atoms with Crippen LogP contribution in [0.25, 0.3) is 0 Å². The summed E-state index contributed by atoms with van der Waals surface area (Å²) < 4.78 is 5.47. The number of hydrogen-bond donors (Lipinski definition) is 4. The minimum absolute atomic E-state index is 0.519. The molecule has 18 heavy (non-hydrogen) atoms. The Morgan fingerprint density at radius 2 is 2.00 bits per heavy atom. The van der Waals surface area contributed by atoms with Gasteiger partial charge in [0.2, 0.25) is 0 Å². The normalized spacial score (nSPS) is 33.6. The molecule has 0 spiro atoms. The fourth-order valence-corrected chi connectivity index (χ4v) is 2.25. The van der Waals surface area contributed by atoms with Crippen LogP contribution in [0.1, 0.15) is 17.2 Å². The van der Waals surface area contributed by atoms with Crippen molar-refractivity contribution in [2.75, 3.05) is 6.61 Å². The predicted octanol–water partition coefficient (Wildman–Crippen LogP) is -0.490. The van der Waals surface area contributed by atoms with E-state index >= 15 is 0 Å². The van der Waals surface area contributed by atoms with Crippen LogP contribution in [0.3, 0.4) is 0 Å². The molecule has 4 N–H and O–H groups in total. The van der Waals surface area contributed by atoms with E-state index in [0.29, 0.717) is 0 Å². The van der Waals surface area contributed by atoms with E-state index < -0.39 is 37.1 Å². The average Bonchev–Trinajstić information content (AvgIpc) is 2.66. The molecule has 1 heterocycles. The highest BCUT2D eigenvalue weighted by molar-refractivity contribution is 5.26. The zero-order valence-corrected chi connectivity index (χ0v) is 10.1. The lowest BCUT2D eigenvalue weighted by molar-refractivity contribution is -0.0820. The molecule has 2 rings (SSSR count). The molecule has 0 amide bonds. The highest BCUT2D eigenvalue weighted by atomic mass is 16.6. The van der Waals surface area contributed by atoms with Crippen molar-refractivity contribution < 1.29 is 25.2 Å². The zero-order valence-electron chi connectivity index (χ0n) is 10.1. The van der Waals surface area contributed by atoms with Crippen molar-refractivity contribution in [1.82, 2.24) is 0 Å². The van der Waals surface area contributed by atoms with Gasteiger partial charge < -0.3 is 25.2 Å². The maximum Gasteiger partial charge on any atom is 0.115 e. The fraction of sp³-hybridized carbons (Fsp3) is 0.538. The van der Waals surface area contributed by atoms with E-state index in [9.17, 15) is 15.3 Å². The van der Waals surface area contributed by atoms with Gasteiger partial charge in [-0.25, -0.2) is 0 Å². The Bertz CT molecular complexity index is 408. The summed E-state index contributed by atoms with van der Waals surface area (Å²) in [6, 6.07) is 7.40. The van der Waals surface area contributed by atoms with Crippen LogP contribution < -0.4 is 0 Å². The molecule has 0 bridgehead atoms. The summed E-state index contributed by atoms with van der Waals surface area (Å²) in [5, 5.41) is 38.2. The van der Waals surface area contributed by atoms with Crippen LogP contribution in [0.15, 0.2) is 24.3 Å². The third-order valence-corrected chi connectivity index (χ3v) is 3.24. The van der Waals surface area contributed by atoms with Crippen molar-refractivity contribution in [3.05, 3.63) is 35.4 Å². The summed E-state index contributed by atoms with van der Waals surface area (Å²) in [6.45, 7) is 1.40. The topological polar surface area (TPSA) is 90.2 Å². The van der Waals surface area contributed by atoms with Crippen molar-refractivity contribution in [3.63, 3.8) is 0 Å². The van der Waals surface area contributed by atoms with Crippen molar-refractivity contribution in [2.24, 2.45) is 0 Å². The van der Waals surface area contributed by atoms with Gasteiger partial charge in [-0.05, 0) is 12.5 Å². The number of aliphatic hydroxyl groups excluding tert-OH is 4. The van der Waals surface area contributed by atoms with E-state index in [1.807, 2.05) is 25.1 Å². The molecular formula is C13H18O5. The zero-order chi connectivity index (χ0) is 13.3. The lowest BCUT2D eigenvalue weighted by atomic mass is 9.99. The van der Waals surface area contributed by atoms with Gasteiger partial charge >= 0.3 is 0 Å². The van der Waals surface area contributed by atoms with Crippen LogP contribution in [0, 0.1) is 6.92 Å². The van der Waals surface area contributed by atoms with Gasteiger partial charge in [0.05, 0.1) is 6.61 Å². The molecule has 1 unspecified atom stereocenters. The molecular weight excluding hydrogens is 236 g/mol. The summed E-state index contributed by atoms with van der Waals surface area (Å²) in [4.78, 5) is 0. The molecule has 0 aromatic heterocycles. The maximum absolute atomic E-state index is 9.95. The SMILES string of the molecule is Cc1cccc(C2O[C@H]([C@H](O)CO)[C@H](O)[C@H]2O)c1. The number of aliphatic hydroxyl groups is 4. The maximum atomic E-state index is 9.95. The van der Waals surface area contributed by atoms with Crippen LogP contribution in [0.4, 0.5) is 0 Å². The molecule has 1 aromatic rings. The van der Waals surface area contributed by atoms with Gasteiger partial charge in [-0.3, -0.25) is 0 Å². The highest BCUT2D eigenvalue weighted by Crippen LogP contribution is 2.35. The van der Waals surface area contributed by atoms with Crippen LogP contribution >= 0.6 is 0 Å². The summed E-state index contributed by atoms with van der Waals surface area (Å²) in [5.41, 5.74) is 1.76. The third-order valence-electron chi connectivity index (χ3n) is 3.24. The van der Waals surface area contributed by atoms with Gasteiger partial charge in [-0.1, -0.05) is 29.8 Å². The van der Waals surface area contributed by atoms with Gasteiger partial charge in [0.15, 0.2) is 0 Å². The number of ether oxygens (including phenoxy) is 1. The molecule has 5 atom stereocenters. The second-order valence-electron chi connectivity index (χ2n) is 4.67. The smallest absolute Gasteiger partial charge is 0.115 e. The van der Waals surface area contributed by atoms with Crippen molar-refractivity contribution in [3.8, 4) is 0 Å². The molecule has 1 saturated heterocycles. The third kappa shape index (κ3) is 2.41. The van der Waals surface area contributed by atoms with Gasteiger partial charge in [-0.2, -0.15) is 0 Å². The van der Waals surface area contributed by atoms with Gasteiger partial charge in [-0.15, -0.1) is 0 Å². The first-order valence-electron chi connectivity index (χ1n) is 5.91. The minimum atomic E-state index is -1.21. The first-order chi connectivity index (χ1) is 8.54. The average molecular weight is 254 g/mol. The Morgan fingerprint density at radius 1 is 1.28 bits per heavy atom. The lowest BCUT2D eigenvalue weighted by Gasteiger charge is -2.18.